The molecule has 1 amide bonds. The summed E-state index contributed by atoms with van der Waals surface area (Å²) in [6.45, 7) is 1.95. The number of aromatic nitrogens is 1. The molecular formula is C16H19N3O. The van der Waals surface area contributed by atoms with E-state index in [-0.39, 0.29) is 11.9 Å². The van der Waals surface area contributed by atoms with E-state index in [1.165, 1.54) is 0 Å². The second kappa shape index (κ2) is 6.70. The Morgan fingerprint density at radius 1 is 1.30 bits per heavy atom. The summed E-state index contributed by atoms with van der Waals surface area (Å²) in [5, 5.41) is 2.97. The second-order valence-corrected chi connectivity index (χ2v) is 4.77. The van der Waals surface area contributed by atoms with E-state index in [4.69, 9.17) is 5.73 Å². The molecule has 20 heavy (non-hydrogen) atoms. The molecule has 0 radical (unpaired) electrons. The van der Waals surface area contributed by atoms with Crippen molar-refractivity contribution in [2.24, 2.45) is 0 Å². The molecule has 0 saturated heterocycles. The molecule has 4 heteroatoms. The van der Waals surface area contributed by atoms with Crippen LogP contribution in [0.4, 0.5) is 5.69 Å². The van der Waals surface area contributed by atoms with E-state index in [1.54, 1.807) is 12.4 Å². The van der Waals surface area contributed by atoms with Gasteiger partial charge in [0.05, 0.1) is 6.04 Å². The van der Waals surface area contributed by atoms with Gasteiger partial charge >= 0.3 is 0 Å². The standard InChI is InChI=1S/C16H19N3O/c1-12(14-6-4-10-18-11-14)19-16(20)9-8-13-5-2-3-7-15(13)17/h2-7,10-12H,8-9,17H2,1H3,(H,19,20)/t12-/m1/s1. The number of amides is 1. The second-order valence-electron chi connectivity index (χ2n) is 4.77. The Kier molecular flexibility index (Phi) is 4.71. The summed E-state index contributed by atoms with van der Waals surface area (Å²) in [6, 6.07) is 11.4. The molecular weight excluding hydrogens is 250 g/mol. The van der Waals surface area contributed by atoms with Crippen LogP contribution in [0, 0.1) is 0 Å². The van der Waals surface area contributed by atoms with Gasteiger partial charge in [0.25, 0.3) is 0 Å². The third-order valence-corrected chi connectivity index (χ3v) is 3.24. The lowest BCUT2D eigenvalue weighted by Gasteiger charge is -2.14. The van der Waals surface area contributed by atoms with Crippen molar-refractivity contribution in [1.29, 1.82) is 0 Å². The van der Waals surface area contributed by atoms with Crippen molar-refractivity contribution in [2.75, 3.05) is 5.73 Å². The summed E-state index contributed by atoms with van der Waals surface area (Å²) < 4.78 is 0. The van der Waals surface area contributed by atoms with Crippen molar-refractivity contribution in [3.05, 3.63) is 59.9 Å². The maximum Gasteiger partial charge on any atom is 0.220 e. The Bertz CT molecular complexity index is 569. The van der Waals surface area contributed by atoms with Crippen LogP contribution < -0.4 is 11.1 Å². The molecule has 4 nitrogen and oxygen atoms in total. The molecule has 0 aliphatic heterocycles. The fraction of sp³-hybridized carbons (Fsp3) is 0.250. The molecule has 1 heterocycles. The first kappa shape index (κ1) is 14.1. The molecule has 0 aliphatic rings. The lowest BCUT2D eigenvalue weighted by Crippen LogP contribution is -2.26. The number of para-hydroxylation sites is 1. The van der Waals surface area contributed by atoms with Gasteiger partial charge in [0.15, 0.2) is 0 Å². The Morgan fingerprint density at radius 3 is 2.80 bits per heavy atom. The third kappa shape index (κ3) is 3.82. The number of rotatable bonds is 5. The smallest absolute Gasteiger partial charge is 0.220 e. The summed E-state index contributed by atoms with van der Waals surface area (Å²) in [4.78, 5) is 16.0. The molecule has 2 rings (SSSR count). The maximum absolute atomic E-state index is 11.9. The van der Waals surface area contributed by atoms with Crippen molar-refractivity contribution in [1.82, 2.24) is 10.3 Å². The largest absolute Gasteiger partial charge is 0.399 e. The maximum atomic E-state index is 11.9. The molecule has 2 aromatic rings. The zero-order valence-corrected chi connectivity index (χ0v) is 11.5. The van der Waals surface area contributed by atoms with Crippen LogP contribution in [0.15, 0.2) is 48.8 Å². The molecule has 1 atom stereocenters. The minimum atomic E-state index is -0.0377. The van der Waals surface area contributed by atoms with Gasteiger partial charge in [-0.05, 0) is 36.6 Å². The van der Waals surface area contributed by atoms with Crippen LogP contribution in [0.25, 0.3) is 0 Å². The first-order valence-corrected chi connectivity index (χ1v) is 6.69. The summed E-state index contributed by atoms with van der Waals surface area (Å²) in [5.41, 5.74) is 8.61. The molecule has 0 spiro atoms. The van der Waals surface area contributed by atoms with Gasteiger partial charge in [-0.15, -0.1) is 0 Å². The zero-order valence-electron chi connectivity index (χ0n) is 11.5. The topological polar surface area (TPSA) is 68.0 Å². The van der Waals surface area contributed by atoms with E-state index in [0.717, 1.165) is 16.8 Å². The quantitative estimate of drug-likeness (QED) is 0.819. The number of aryl methyl sites for hydroxylation is 1. The average molecular weight is 269 g/mol. The Balaban J connectivity index is 1.86. The summed E-state index contributed by atoms with van der Waals surface area (Å²) in [6.07, 6.45) is 4.56. The highest BCUT2D eigenvalue weighted by Crippen LogP contribution is 2.14. The molecule has 3 N–H and O–H groups in total. The molecule has 0 bridgehead atoms. The molecule has 0 aliphatic carbocycles. The number of pyridine rings is 1. The number of carbonyl (C=O) groups excluding carboxylic acids is 1. The molecule has 0 saturated carbocycles. The SMILES string of the molecule is C[C@@H](NC(=O)CCc1ccccc1N)c1cccnc1. The predicted octanol–water partition coefficient (Wildman–Crippen LogP) is 2.47. The minimum Gasteiger partial charge on any atom is -0.399 e. The number of nitrogens with zero attached hydrogens (tertiary/aromatic N) is 1. The normalized spacial score (nSPS) is 11.8. The van der Waals surface area contributed by atoms with Crippen molar-refractivity contribution in [3.8, 4) is 0 Å². The van der Waals surface area contributed by atoms with Crippen molar-refractivity contribution < 1.29 is 4.79 Å². The Labute approximate surface area is 119 Å². The number of nitrogens with one attached hydrogen (secondary N) is 1. The van der Waals surface area contributed by atoms with Crippen LogP contribution in [-0.2, 0) is 11.2 Å². The number of benzene rings is 1. The highest BCUT2D eigenvalue weighted by atomic mass is 16.1. The van der Waals surface area contributed by atoms with Gasteiger partial charge in [-0.1, -0.05) is 24.3 Å². The highest BCUT2D eigenvalue weighted by molar-refractivity contribution is 5.76. The molecule has 1 aromatic heterocycles. The Hall–Kier alpha value is -2.36. The first-order valence-electron chi connectivity index (χ1n) is 6.69. The number of nitrogen functional groups attached to an aromatic ring is 1. The van der Waals surface area contributed by atoms with Crippen molar-refractivity contribution in [2.45, 2.75) is 25.8 Å². The predicted molar refractivity (Wildman–Crippen MR) is 80.0 cm³/mol. The minimum absolute atomic E-state index is 0.0182. The number of nitrogens with two attached hydrogens (primary N) is 1. The monoisotopic (exact) mass is 269 g/mol. The lowest BCUT2D eigenvalue weighted by atomic mass is 10.1. The van der Waals surface area contributed by atoms with Crippen LogP contribution in [0.2, 0.25) is 0 Å². The fourth-order valence-electron chi connectivity index (χ4n) is 2.04. The molecule has 0 unspecified atom stereocenters. The van der Waals surface area contributed by atoms with E-state index in [0.29, 0.717) is 12.8 Å². The van der Waals surface area contributed by atoms with Gasteiger partial charge in [-0.3, -0.25) is 9.78 Å². The lowest BCUT2D eigenvalue weighted by molar-refractivity contribution is -0.121. The van der Waals surface area contributed by atoms with E-state index >= 15 is 0 Å². The van der Waals surface area contributed by atoms with Crippen LogP contribution in [-0.4, -0.2) is 10.9 Å². The van der Waals surface area contributed by atoms with Gasteiger partial charge in [-0.2, -0.15) is 0 Å². The van der Waals surface area contributed by atoms with Crippen LogP contribution in [0.5, 0.6) is 0 Å². The van der Waals surface area contributed by atoms with Gasteiger partial charge in [0.2, 0.25) is 5.91 Å². The van der Waals surface area contributed by atoms with Gasteiger partial charge < -0.3 is 11.1 Å². The van der Waals surface area contributed by atoms with Crippen LogP contribution >= 0.6 is 0 Å². The summed E-state index contributed by atoms with van der Waals surface area (Å²) in [7, 11) is 0. The van der Waals surface area contributed by atoms with E-state index in [2.05, 4.69) is 10.3 Å². The third-order valence-electron chi connectivity index (χ3n) is 3.24. The Morgan fingerprint density at radius 2 is 2.10 bits per heavy atom. The zero-order chi connectivity index (χ0) is 14.4. The molecule has 0 fully saturated rings. The number of carbonyl (C=O) groups is 1. The highest BCUT2D eigenvalue weighted by Gasteiger charge is 2.10. The van der Waals surface area contributed by atoms with Crippen molar-refractivity contribution >= 4 is 11.6 Å². The van der Waals surface area contributed by atoms with Gasteiger partial charge in [0, 0.05) is 24.5 Å². The summed E-state index contributed by atoms with van der Waals surface area (Å²) in [5.74, 6) is 0.0182. The number of hydrogen-bond donors (Lipinski definition) is 2. The van der Waals surface area contributed by atoms with Crippen molar-refractivity contribution in [3.63, 3.8) is 0 Å². The van der Waals surface area contributed by atoms with E-state index < -0.39 is 0 Å². The van der Waals surface area contributed by atoms with E-state index in [9.17, 15) is 4.79 Å². The fourth-order valence-corrected chi connectivity index (χ4v) is 2.04. The first-order chi connectivity index (χ1) is 9.66. The van der Waals surface area contributed by atoms with Crippen LogP contribution in [0.1, 0.15) is 30.5 Å². The average Bonchev–Trinajstić information content (AvgIpc) is 2.47. The van der Waals surface area contributed by atoms with Crippen LogP contribution in [0.3, 0.4) is 0 Å². The number of anilines is 1. The molecule has 104 valence electrons. The summed E-state index contributed by atoms with van der Waals surface area (Å²) >= 11 is 0. The molecule has 1 aromatic carbocycles. The van der Waals surface area contributed by atoms with Gasteiger partial charge in [-0.25, -0.2) is 0 Å². The number of hydrogen-bond acceptors (Lipinski definition) is 3. The van der Waals surface area contributed by atoms with Gasteiger partial charge in [0.1, 0.15) is 0 Å². The van der Waals surface area contributed by atoms with E-state index in [1.807, 2.05) is 43.3 Å².